The number of carbonyl (C=O) groups is 1. The zero-order valence-electron chi connectivity index (χ0n) is 18.0. The minimum atomic E-state index is -0.0147. The molecule has 2 N–H and O–H groups in total. The van der Waals surface area contributed by atoms with Gasteiger partial charge in [0, 0.05) is 23.9 Å². The molecule has 1 unspecified atom stereocenters. The number of anilines is 1. The summed E-state index contributed by atoms with van der Waals surface area (Å²) in [4.78, 5) is 14.8. The number of fused-ring (bicyclic) bond motifs is 1. The standard InChI is InChI=1S/C26H28N2O3/c1-18(20-6-4-3-5-7-20)12-13-31-25-15-22(10-11-24(25)30-2)28-17-21-9-8-19(16-27)14-23(21)26(28)29/h3-11,14-15,18H,12-13,16-17,27H2,1-2H3. The summed E-state index contributed by atoms with van der Waals surface area (Å²) in [5, 5.41) is 0. The molecule has 4 rings (SSSR count). The van der Waals surface area contributed by atoms with Gasteiger partial charge in [-0.05, 0) is 47.2 Å². The van der Waals surface area contributed by atoms with E-state index in [-0.39, 0.29) is 5.91 Å². The molecule has 5 nitrogen and oxygen atoms in total. The van der Waals surface area contributed by atoms with Crippen LogP contribution in [0.25, 0.3) is 0 Å². The highest BCUT2D eigenvalue weighted by Crippen LogP contribution is 2.36. The van der Waals surface area contributed by atoms with Gasteiger partial charge in [-0.25, -0.2) is 0 Å². The van der Waals surface area contributed by atoms with E-state index >= 15 is 0 Å². The van der Waals surface area contributed by atoms with Crippen LogP contribution in [0, 0.1) is 0 Å². The maximum atomic E-state index is 13.0. The minimum Gasteiger partial charge on any atom is -0.493 e. The van der Waals surface area contributed by atoms with Crippen molar-refractivity contribution in [3.63, 3.8) is 0 Å². The Morgan fingerprint density at radius 1 is 1.03 bits per heavy atom. The van der Waals surface area contributed by atoms with Crippen LogP contribution in [0.15, 0.2) is 66.7 Å². The summed E-state index contributed by atoms with van der Waals surface area (Å²) in [5.74, 6) is 1.68. The van der Waals surface area contributed by atoms with E-state index in [0.717, 1.165) is 28.8 Å². The first kappa shape index (κ1) is 20.9. The van der Waals surface area contributed by atoms with Gasteiger partial charge in [0.2, 0.25) is 0 Å². The Morgan fingerprint density at radius 3 is 2.58 bits per heavy atom. The summed E-state index contributed by atoms with van der Waals surface area (Å²) in [6.07, 6.45) is 0.882. The van der Waals surface area contributed by atoms with Crippen molar-refractivity contribution in [2.24, 2.45) is 5.73 Å². The highest BCUT2D eigenvalue weighted by atomic mass is 16.5. The number of benzene rings is 3. The number of amides is 1. The highest BCUT2D eigenvalue weighted by Gasteiger charge is 2.29. The molecule has 1 atom stereocenters. The largest absolute Gasteiger partial charge is 0.493 e. The lowest BCUT2D eigenvalue weighted by molar-refractivity contribution is 0.0996. The number of hydrogen-bond donors (Lipinski definition) is 1. The molecule has 0 radical (unpaired) electrons. The van der Waals surface area contributed by atoms with Gasteiger partial charge in [0.1, 0.15) is 0 Å². The summed E-state index contributed by atoms with van der Waals surface area (Å²) < 4.78 is 11.6. The second-order valence-corrected chi connectivity index (χ2v) is 7.87. The fourth-order valence-electron chi connectivity index (χ4n) is 3.92. The second kappa shape index (κ2) is 9.23. The molecule has 0 bridgehead atoms. The van der Waals surface area contributed by atoms with E-state index in [2.05, 4.69) is 31.2 Å². The Labute approximate surface area is 183 Å². The second-order valence-electron chi connectivity index (χ2n) is 7.87. The predicted molar refractivity (Wildman–Crippen MR) is 123 cm³/mol. The number of ether oxygens (including phenoxy) is 2. The predicted octanol–water partition coefficient (Wildman–Crippen LogP) is 4.89. The van der Waals surface area contributed by atoms with E-state index < -0.39 is 0 Å². The molecule has 0 aromatic heterocycles. The van der Waals surface area contributed by atoms with Gasteiger partial charge >= 0.3 is 0 Å². The third kappa shape index (κ3) is 4.42. The SMILES string of the molecule is COc1ccc(N2Cc3ccc(CN)cc3C2=O)cc1OCCC(C)c1ccccc1. The van der Waals surface area contributed by atoms with E-state index in [4.69, 9.17) is 15.2 Å². The molecule has 1 aliphatic rings. The molecule has 0 fully saturated rings. The van der Waals surface area contributed by atoms with Gasteiger partial charge in [0.05, 0.1) is 20.3 Å². The quantitative estimate of drug-likeness (QED) is 0.568. The molecule has 5 heteroatoms. The molecule has 0 aliphatic carbocycles. The van der Waals surface area contributed by atoms with Crippen LogP contribution in [-0.4, -0.2) is 19.6 Å². The minimum absolute atomic E-state index is 0.0147. The Bertz CT molecular complexity index is 1070. The van der Waals surface area contributed by atoms with E-state index in [0.29, 0.717) is 37.1 Å². The van der Waals surface area contributed by atoms with Gasteiger partial charge in [-0.15, -0.1) is 0 Å². The van der Waals surface area contributed by atoms with Crippen molar-refractivity contribution < 1.29 is 14.3 Å². The molecule has 0 spiro atoms. The summed E-state index contributed by atoms with van der Waals surface area (Å²) in [6, 6.07) is 21.9. The lowest BCUT2D eigenvalue weighted by Crippen LogP contribution is -2.23. The molecule has 160 valence electrons. The van der Waals surface area contributed by atoms with Crippen LogP contribution in [0.5, 0.6) is 11.5 Å². The number of hydrogen-bond acceptors (Lipinski definition) is 4. The zero-order chi connectivity index (χ0) is 21.8. The van der Waals surface area contributed by atoms with Crippen LogP contribution >= 0.6 is 0 Å². The van der Waals surface area contributed by atoms with Crippen molar-refractivity contribution in [3.05, 3.63) is 89.0 Å². The molecule has 1 amide bonds. The molecule has 31 heavy (non-hydrogen) atoms. The summed E-state index contributed by atoms with van der Waals surface area (Å²) in [5.41, 5.74) is 10.5. The number of nitrogens with two attached hydrogens (primary N) is 1. The van der Waals surface area contributed by atoms with Gasteiger partial charge in [-0.3, -0.25) is 4.79 Å². The molecular formula is C26H28N2O3. The molecular weight excluding hydrogens is 388 g/mol. The number of rotatable bonds is 8. The van der Waals surface area contributed by atoms with Gasteiger partial charge in [-0.2, -0.15) is 0 Å². The average molecular weight is 417 g/mol. The molecule has 0 saturated heterocycles. The first-order valence-corrected chi connectivity index (χ1v) is 10.6. The van der Waals surface area contributed by atoms with Crippen molar-refractivity contribution in [3.8, 4) is 11.5 Å². The van der Waals surface area contributed by atoms with Crippen LogP contribution in [0.2, 0.25) is 0 Å². The molecule has 1 aliphatic heterocycles. The van der Waals surface area contributed by atoms with Crippen LogP contribution in [0.4, 0.5) is 5.69 Å². The fourth-order valence-corrected chi connectivity index (χ4v) is 3.92. The van der Waals surface area contributed by atoms with E-state index in [1.807, 2.05) is 42.5 Å². The summed E-state index contributed by atoms with van der Waals surface area (Å²) >= 11 is 0. The number of methoxy groups -OCH3 is 1. The van der Waals surface area contributed by atoms with Gasteiger partial charge in [0.15, 0.2) is 11.5 Å². The van der Waals surface area contributed by atoms with E-state index in [9.17, 15) is 4.79 Å². The van der Waals surface area contributed by atoms with Crippen molar-refractivity contribution in [2.75, 3.05) is 18.6 Å². The lowest BCUT2D eigenvalue weighted by atomic mass is 9.98. The maximum Gasteiger partial charge on any atom is 0.258 e. The van der Waals surface area contributed by atoms with Gasteiger partial charge < -0.3 is 20.1 Å². The zero-order valence-corrected chi connectivity index (χ0v) is 18.0. The maximum absolute atomic E-state index is 13.0. The monoisotopic (exact) mass is 416 g/mol. The fraction of sp³-hybridized carbons (Fsp3) is 0.269. The number of carbonyl (C=O) groups excluding carboxylic acids is 1. The Morgan fingerprint density at radius 2 is 1.84 bits per heavy atom. The average Bonchev–Trinajstić information content (AvgIpc) is 3.15. The lowest BCUT2D eigenvalue weighted by Gasteiger charge is -2.19. The van der Waals surface area contributed by atoms with Gasteiger partial charge in [0.25, 0.3) is 5.91 Å². The molecule has 3 aromatic rings. The Balaban J connectivity index is 1.48. The summed E-state index contributed by atoms with van der Waals surface area (Å²) in [6.45, 7) is 3.71. The normalized spacial score (nSPS) is 13.8. The first-order valence-electron chi connectivity index (χ1n) is 10.6. The van der Waals surface area contributed by atoms with Gasteiger partial charge in [-0.1, -0.05) is 49.4 Å². The van der Waals surface area contributed by atoms with E-state index in [1.165, 1.54) is 5.56 Å². The van der Waals surface area contributed by atoms with Crippen LogP contribution in [0.3, 0.4) is 0 Å². The Kier molecular flexibility index (Phi) is 6.23. The Hall–Kier alpha value is -3.31. The highest BCUT2D eigenvalue weighted by molar-refractivity contribution is 6.10. The van der Waals surface area contributed by atoms with Crippen LogP contribution < -0.4 is 20.1 Å². The van der Waals surface area contributed by atoms with E-state index in [1.54, 1.807) is 12.0 Å². The molecule has 3 aromatic carbocycles. The van der Waals surface area contributed by atoms with Crippen molar-refractivity contribution in [1.29, 1.82) is 0 Å². The van der Waals surface area contributed by atoms with Crippen molar-refractivity contribution >= 4 is 11.6 Å². The van der Waals surface area contributed by atoms with Crippen molar-refractivity contribution in [1.82, 2.24) is 0 Å². The van der Waals surface area contributed by atoms with Crippen LogP contribution in [0.1, 0.15) is 46.3 Å². The first-order chi connectivity index (χ1) is 15.1. The number of nitrogens with zero attached hydrogens (tertiary/aromatic N) is 1. The van der Waals surface area contributed by atoms with Crippen molar-refractivity contribution in [2.45, 2.75) is 32.4 Å². The summed E-state index contributed by atoms with van der Waals surface area (Å²) in [7, 11) is 1.62. The third-order valence-corrected chi connectivity index (χ3v) is 5.85. The molecule has 0 saturated carbocycles. The topological polar surface area (TPSA) is 64.8 Å². The molecule has 1 heterocycles. The smallest absolute Gasteiger partial charge is 0.258 e. The van der Waals surface area contributed by atoms with Crippen LogP contribution in [-0.2, 0) is 13.1 Å². The third-order valence-electron chi connectivity index (χ3n) is 5.85.